The summed E-state index contributed by atoms with van der Waals surface area (Å²) >= 11 is 0. The minimum Gasteiger partial charge on any atom is -0.497 e. The van der Waals surface area contributed by atoms with Crippen molar-refractivity contribution in [3.63, 3.8) is 0 Å². The van der Waals surface area contributed by atoms with Gasteiger partial charge in [0, 0.05) is 18.7 Å². The third-order valence-electron chi connectivity index (χ3n) is 5.97. The highest BCUT2D eigenvalue weighted by Crippen LogP contribution is 2.34. The van der Waals surface area contributed by atoms with Crippen molar-refractivity contribution in [2.24, 2.45) is 0 Å². The molecule has 0 spiro atoms. The molecule has 2 aliphatic rings. The minimum absolute atomic E-state index is 0.00459. The fourth-order valence-electron chi connectivity index (χ4n) is 4.29. The molecule has 2 heterocycles. The average Bonchev–Trinajstić information content (AvgIpc) is 3.36. The van der Waals surface area contributed by atoms with E-state index < -0.39 is 0 Å². The Balaban J connectivity index is 1.57. The van der Waals surface area contributed by atoms with E-state index in [1.807, 2.05) is 36.1 Å². The first-order chi connectivity index (χ1) is 14.5. The van der Waals surface area contributed by atoms with E-state index in [0.29, 0.717) is 29.8 Å². The number of amides is 3. The second kappa shape index (κ2) is 8.30. The van der Waals surface area contributed by atoms with E-state index >= 15 is 0 Å². The van der Waals surface area contributed by atoms with Crippen LogP contribution >= 0.6 is 0 Å². The van der Waals surface area contributed by atoms with Gasteiger partial charge in [-0.05, 0) is 55.2 Å². The summed E-state index contributed by atoms with van der Waals surface area (Å²) in [7, 11) is 1.63. The Morgan fingerprint density at radius 1 is 1.07 bits per heavy atom. The van der Waals surface area contributed by atoms with Gasteiger partial charge in [-0.1, -0.05) is 25.5 Å². The van der Waals surface area contributed by atoms with Crippen molar-refractivity contribution in [2.45, 2.75) is 38.6 Å². The topological polar surface area (TPSA) is 66.9 Å². The predicted octanol–water partition coefficient (Wildman–Crippen LogP) is 4.07. The van der Waals surface area contributed by atoms with Crippen LogP contribution in [0.1, 0.15) is 75.3 Å². The quantitative estimate of drug-likeness (QED) is 0.679. The van der Waals surface area contributed by atoms with Crippen molar-refractivity contribution in [1.29, 1.82) is 0 Å². The van der Waals surface area contributed by atoms with Gasteiger partial charge in [0.05, 0.1) is 24.3 Å². The maximum absolute atomic E-state index is 13.3. The number of hydrogen-bond donors (Lipinski definition) is 0. The van der Waals surface area contributed by atoms with E-state index in [4.69, 9.17) is 4.74 Å². The summed E-state index contributed by atoms with van der Waals surface area (Å²) in [6, 6.07) is 12.7. The zero-order valence-corrected chi connectivity index (χ0v) is 17.4. The summed E-state index contributed by atoms with van der Waals surface area (Å²) in [5.41, 5.74) is 2.25. The third-order valence-corrected chi connectivity index (χ3v) is 5.97. The predicted molar refractivity (Wildman–Crippen MR) is 113 cm³/mol. The number of hydrogen-bond acceptors (Lipinski definition) is 4. The lowest BCUT2D eigenvalue weighted by Crippen LogP contribution is -2.31. The molecular formula is C24H26N2O4. The number of ether oxygens (including phenoxy) is 1. The van der Waals surface area contributed by atoms with Gasteiger partial charge in [-0.25, -0.2) is 0 Å². The van der Waals surface area contributed by atoms with Crippen LogP contribution < -0.4 is 4.74 Å². The molecule has 0 aromatic heterocycles. The van der Waals surface area contributed by atoms with Gasteiger partial charge in [0.2, 0.25) is 0 Å². The number of fused-ring (bicyclic) bond motifs is 1. The molecule has 2 aliphatic heterocycles. The first-order valence-corrected chi connectivity index (χ1v) is 10.5. The van der Waals surface area contributed by atoms with Crippen molar-refractivity contribution in [3.05, 3.63) is 64.7 Å². The lowest BCUT2D eigenvalue weighted by atomic mass is 10.0. The number of carbonyl (C=O) groups is 3. The molecule has 1 fully saturated rings. The Kier molecular flexibility index (Phi) is 5.57. The van der Waals surface area contributed by atoms with E-state index in [1.54, 1.807) is 25.3 Å². The maximum Gasteiger partial charge on any atom is 0.261 e. The van der Waals surface area contributed by atoms with Crippen LogP contribution in [0.3, 0.4) is 0 Å². The van der Waals surface area contributed by atoms with E-state index in [9.17, 15) is 14.4 Å². The van der Waals surface area contributed by atoms with Crippen LogP contribution in [-0.2, 0) is 0 Å². The molecule has 4 rings (SSSR count). The molecule has 2 aromatic carbocycles. The standard InChI is InChI=1S/C24H26N2O4/c1-3-4-13-26-23(28)19-12-9-17(15-20(19)24(26)29)22(27)25-14-5-6-21(25)16-7-10-18(30-2)11-8-16/h7-12,15,21H,3-6,13-14H2,1-2H3. The highest BCUT2D eigenvalue weighted by molar-refractivity contribution is 6.22. The molecule has 2 aromatic rings. The normalized spacial score (nSPS) is 18.1. The van der Waals surface area contributed by atoms with E-state index in [-0.39, 0.29) is 23.8 Å². The van der Waals surface area contributed by atoms with E-state index in [2.05, 4.69) is 0 Å². The zero-order valence-electron chi connectivity index (χ0n) is 17.4. The van der Waals surface area contributed by atoms with Crippen LogP contribution in [0.25, 0.3) is 0 Å². The molecule has 156 valence electrons. The lowest BCUT2D eigenvalue weighted by molar-refractivity contribution is 0.0651. The minimum atomic E-state index is -0.300. The molecule has 0 aliphatic carbocycles. The SMILES string of the molecule is CCCCN1C(=O)c2ccc(C(=O)N3CCCC3c3ccc(OC)cc3)cc2C1=O. The molecule has 0 N–H and O–H groups in total. The van der Waals surface area contributed by atoms with Crippen molar-refractivity contribution in [1.82, 2.24) is 9.80 Å². The van der Waals surface area contributed by atoms with Gasteiger partial charge < -0.3 is 9.64 Å². The first-order valence-electron chi connectivity index (χ1n) is 10.5. The maximum atomic E-state index is 13.3. The first kappa shape index (κ1) is 20.1. The summed E-state index contributed by atoms with van der Waals surface area (Å²) in [5, 5.41) is 0. The molecule has 3 amide bonds. The number of imide groups is 1. The fourth-order valence-corrected chi connectivity index (χ4v) is 4.29. The monoisotopic (exact) mass is 406 g/mol. The van der Waals surface area contributed by atoms with Crippen LogP contribution in [0.5, 0.6) is 5.75 Å². The van der Waals surface area contributed by atoms with Crippen LogP contribution in [0, 0.1) is 0 Å². The lowest BCUT2D eigenvalue weighted by Gasteiger charge is -2.25. The Labute approximate surface area is 176 Å². The van der Waals surface area contributed by atoms with Crippen LogP contribution in [-0.4, -0.2) is 47.7 Å². The summed E-state index contributed by atoms with van der Waals surface area (Å²) in [6.07, 6.45) is 3.49. The Morgan fingerprint density at radius 2 is 1.80 bits per heavy atom. The van der Waals surface area contributed by atoms with Gasteiger partial charge in [-0.15, -0.1) is 0 Å². The molecule has 1 unspecified atom stereocenters. The molecule has 1 saturated heterocycles. The van der Waals surface area contributed by atoms with Gasteiger partial charge in [-0.3, -0.25) is 19.3 Å². The molecule has 1 atom stereocenters. The molecular weight excluding hydrogens is 380 g/mol. The summed E-state index contributed by atoms with van der Waals surface area (Å²) in [5.74, 6) is 0.110. The van der Waals surface area contributed by atoms with Gasteiger partial charge in [-0.2, -0.15) is 0 Å². The number of unbranched alkanes of at least 4 members (excludes halogenated alkanes) is 1. The second-order valence-corrected chi connectivity index (χ2v) is 7.81. The molecule has 6 nitrogen and oxygen atoms in total. The van der Waals surface area contributed by atoms with E-state index in [0.717, 1.165) is 37.0 Å². The Bertz CT molecular complexity index is 983. The van der Waals surface area contributed by atoms with Crippen LogP contribution in [0.4, 0.5) is 0 Å². The van der Waals surface area contributed by atoms with E-state index in [1.165, 1.54) is 4.90 Å². The summed E-state index contributed by atoms with van der Waals surface area (Å²) in [4.78, 5) is 41.7. The smallest absolute Gasteiger partial charge is 0.261 e. The molecule has 30 heavy (non-hydrogen) atoms. The Morgan fingerprint density at radius 3 is 2.50 bits per heavy atom. The molecule has 0 saturated carbocycles. The molecule has 0 radical (unpaired) electrons. The van der Waals surface area contributed by atoms with Gasteiger partial charge in [0.15, 0.2) is 0 Å². The summed E-state index contributed by atoms with van der Waals surface area (Å²) < 4.78 is 5.23. The number of methoxy groups -OCH3 is 1. The third kappa shape index (κ3) is 3.47. The highest BCUT2D eigenvalue weighted by atomic mass is 16.5. The zero-order chi connectivity index (χ0) is 21.3. The number of likely N-dealkylation sites (tertiary alicyclic amines) is 1. The van der Waals surface area contributed by atoms with Crippen molar-refractivity contribution < 1.29 is 19.1 Å². The highest BCUT2D eigenvalue weighted by Gasteiger charge is 2.37. The Hall–Kier alpha value is -3.15. The van der Waals surface area contributed by atoms with Crippen molar-refractivity contribution >= 4 is 17.7 Å². The van der Waals surface area contributed by atoms with Gasteiger partial charge in [0.1, 0.15) is 5.75 Å². The van der Waals surface area contributed by atoms with Crippen molar-refractivity contribution in [2.75, 3.05) is 20.2 Å². The average molecular weight is 406 g/mol. The number of nitrogens with zero attached hydrogens (tertiary/aromatic N) is 2. The van der Waals surface area contributed by atoms with Gasteiger partial charge in [0.25, 0.3) is 17.7 Å². The number of benzene rings is 2. The molecule has 0 bridgehead atoms. The second-order valence-electron chi connectivity index (χ2n) is 7.81. The van der Waals surface area contributed by atoms with Crippen LogP contribution in [0.2, 0.25) is 0 Å². The fraction of sp³-hybridized carbons (Fsp3) is 0.375. The van der Waals surface area contributed by atoms with Gasteiger partial charge >= 0.3 is 0 Å². The summed E-state index contributed by atoms with van der Waals surface area (Å²) in [6.45, 7) is 3.10. The van der Waals surface area contributed by atoms with Crippen molar-refractivity contribution in [3.8, 4) is 5.75 Å². The van der Waals surface area contributed by atoms with Crippen LogP contribution in [0.15, 0.2) is 42.5 Å². The molecule has 6 heteroatoms. The number of carbonyl (C=O) groups excluding carboxylic acids is 3. The largest absolute Gasteiger partial charge is 0.497 e. The number of rotatable bonds is 6.